The van der Waals surface area contributed by atoms with Crippen LogP contribution in [0, 0.1) is 41.5 Å². The van der Waals surface area contributed by atoms with Crippen molar-refractivity contribution in [3.05, 3.63) is 88.0 Å². The van der Waals surface area contributed by atoms with Crippen molar-refractivity contribution in [3.8, 4) is 0 Å². The first-order chi connectivity index (χ1) is 17.0. The van der Waals surface area contributed by atoms with Gasteiger partial charge in [0.2, 0.25) is 0 Å². The second-order valence-electron chi connectivity index (χ2n) is 8.68. The summed E-state index contributed by atoms with van der Waals surface area (Å²) < 4.78 is 93.4. The van der Waals surface area contributed by atoms with Gasteiger partial charge < -0.3 is 0 Å². The van der Waals surface area contributed by atoms with E-state index >= 15 is 0 Å². The summed E-state index contributed by atoms with van der Waals surface area (Å²) in [5.74, 6) is 0. The molecule has 0 bridgehead atoms. The first kappa shape index (κ1) is 29.6. The number of rotatable bonds is 9. The van der Waals surface area contributed by atoms with Gasteiger partial charge in [-0.3, -0.25) is 0 Å². The van der Waals surface area contributed by atoms with Gasteiger partial charge in [0.1, 0.15) is 0 Å². The summed E-state index contributed by atoms with van der Waals surface area (Å²) in [7, 11) is -13.9. The summed E-state index contributed by atoms with van der Waals surface area (Å²) in [4.78, 5) is -0.859. The fourth-order valence-electron chi connectivity index (χ4n) is 3.13. The molecule has 0 atom stereocenters. The zero-order valence-electron chi connectivity index (χ0n) is 21.2. The summed E-state index contributed by atoms with van der Waals surface area (Å²) in [6.07, 6.45) is 0. The monoisotopic (exact) mass is 624 g/mol. The maximum atomic E-state index is 13.0. The Morgan fingerprint density at radius 2 is 0.676 bits per heavy atom. The summed E-state index contributed by atoms with van der Waals surface area (Å²) in [5, 5.41) is 0. The fourth-order valence-corrected chi connectivity index (χ4v) is 14.0. The van der Waals surface area contributed by atoms with E-state index in [9.17, 15) is 25.3 Å². The summed E-state index contributed by atoms with van der Waals surface area (Å²) in [6, 6.07) is 12.5. The molecule has 0 saturated heterocycles. The maximum absolute atomic E-state index is 13.0. The fraction of sp³-hybridized carbons (Fsp3) is 0.250. The quantitative estimate of drug-likeness (QED) is 0.324. The van der Waals surface area contributed by atoms with Crippen LogP contribution < -0.4 is 0 Å². The van der Waals surface area contributed by atoms with Gasteiger partial charge in [0.05, 0.1) is 0 Å². The van der Waals surface area contributed by atoms with Crippen LogP contribution in [0.25, 0.3) is 0 Å². The molecule has 0 fully saturated rings. The predicted molar refractivity (Wildman–Crippen MR) is 138 cm³/mol. The van der Waals surface area contributed by atoms with Crippen molar-refractivity contribution < 1.29 is 34.2 Å². The van der Waals surface area contributed by atoms with E-state index in [4.69, 9.17) is 8.93 Å². The third kappa shape index (κ3) is 7.12. The van der Waals surface area contributed by atoms with Gasteiger partial charge in [-0.05, 0) is 0 Å². The molecule has 0 radical (unpaired) electrons. The van der Waals surface area contributed by atoms with Crippen LogP contribution >= 0.6 is 0 Å². The van der Waals surface area contributed by atoms with Crippen LogP contribution in [0.2, 0.25) is 0 Å². The van der Waals surface area contributed by atoms with Crippen molar-refractivity contribution in [1.82, 2.24) is 0 Å². The third-order valence-electron chi connectivity index (χ3n) is 5.92. The van der Waals surface area contributed by atoms with Crippen molar-refractivity contribution in [2.75, 3.05) is 0 Å². The average Bonchev–Trinajstić information content (AvgIpc) is 2.78. The molecule has 0 amide bonds. The van der Waals surface area contributed by atoms with Gasteiger partial charge in [0.15, 0.2) is 0 Å². The van der Waals surface area contributed by atoms with Gasteiger partial charge in [0, 0.05) is 0 Å². The van der Waals surface area contributed by atoms with Crippen molar-refractivity contribution in [2.45, 2.75) is 56.2 Å². The number of hydrogen-bond donors (Lipinski definition) is 0. The molecule has 0 N–H and O–H groups in total. The molecular weight excluding hydrogens is 598 g/mol. The molecule has 0 aliphatic carbocycles. The van der Waals surface area contributed by atoms with Crippen LogP contribution in [0.4, 0.5) is 0 Å². The Hall–Kier alpha value is -1.97. The Kier molecular flexibility index (Phi) is 8.81. The molecule has 0 aliphatic rings. The molecule has 0 unspecified atom stereocenters. The van der Waals surface area contributed by atoms with Crippen LogP contribution in [0.3, 0.4) is 0 Å². The molecule has 37 heavy (non-hydrogen) atoms. The summed E-state index contributed by atoms with van der Waals surface area (Å²) in [6.45, 7) is 10.4. The summed E-state index contributed by atoms with van der Waals surface area (Å²) >= 11 is -5.09. The Labute approximate surface area is 225 Å². The van der Waals surface area contributed by atoms with E-state index in [0.29, 0.717) is 16.7 Å². The third-order valence-corrected chi connectivity index (χ3v) is 17.4. The van der Waals surface area contributed by atoms with E-state index in [1.807, 2.05) is 0 Å². The summed E-state index contributed by atoms with van der Waals surface area (Å²) in [5.41, 5.74) is 4.38. The van der Waals surface area contributed by atoms with Crippen LogP contribution in [-0.2, 0) is 39.3 Å². The Balaban J connectivity index is 2.03. The second kappa shape index (κ2) is 11.0. The van der Waals surface area contributed by atoms with Crippen LogP contribution in [0.15, 0.2) is 69.3 Å². The zero-order valence-corrected chi connectivity index (χ0v) is 26.0. The van der Waals surface area contributed by atoms with Crippen LogP contribution in [0.5, 0.6) is 0 Å². The van der Waals surface area contributed by atoms with E-state index in [-0.39, 0.29) is 14.7 Å². The van der Waals surface area contributed by atoms with Gasteiger partial charge in [-0.15, -0.1) is 0 Å². The van der Waals surface area contributed by atoms with E-state index in [2.05, 4.69) is 0 Å². The van der Waals surface area contributed by atoms with Gasteiger partial charge in [-0.25, -0.2) is 0 Å². The Morgan fingerprint density at radius 1 is 0.432 bits per heavy atom. The molecule has 13 heteroatoms. The van der Waals surface area contributed by atoms with E-state index < -0.39 is 47.7 Å². The van der Waals surface area contributed by atoms with Gasteiger partial charge in [-0.2, -0.15) is 0 Å². The molecule has 3 aromatic carbocycles. The molecule has 0 saturated carbocycles. The average molecular weight is 625 g/mol. The first-order valence-corrected chi connectivity index (χ1v) is 18.2. The molecule has 3 aromatic rings. The minimum absolute atomic E-state index is 0.286. The Morgan fingerprint density at radius 3 is 0.892 bits per heavy atom. The van der Waals surface area contributed by atoms with E-state index in [1.165, 1.54) is 36.4 Å². The van der Waals surface area contributed by atoms with Gasteiger partial charge in [0.25, 0.3) is 0 Å². The molecule has 9 nitrogen and oxygen atoms in total. The van der Waals surface area contributed by atoms with Crippen molar-refractivity contribution in [1.29, 1.82) is 0 Å². The number of hydrogen-bond acceptors (Lipinski definition) is 9. The van der Waals surface area contributed by atoms with Crippen molar-refractivity contribution in [3.63, 3.8) is 0 Å². The van der Waals surface area contributed by atoms with E-state index in [1.54, 1.807) is 59.7 Å². The van der Waals surface area contributed by atoms with E-state index in [0.717, 1.165) is 16.7 Å². The SMILES string of the molecule is Cc1ccc(S(=O)(=O)[O][Ga]([O]S(=O)(=O)c2ccc(C)c(C)c2)[O]S(=O)(=O)c2ccc(C)c(C)c2)cc1C. The molecule has 0 heterocycles. The first-order valence-electron chi connectivity index (χ1n) is 11.0. The second-order valence-corrected chi connectivity index (χ2v) is 18.2. The topological polar surface area (TPSA) is 130 Å². The molecule has 0 spiro atoms. The van der Waals surface area contributed by atoms with Gasteiger partial charge in [-0.1, -0.05) is 0 Å². The predicted octanol–water partition coefficient (Wildman–Crippen LogP) is 4.04. The van der Waals surface area contributed by atoms with Crippen molar-refractivity contribution >= 4 is 47.7 Å². The van der Waals surface area contributed by atoms with Crippen LogP contribution in [-0.4, -0.2) is 42.6 Å². The van der Waals surface area contributed by atoms with Crippen molar-refractivity contribution in [2.24, 2.45) is 0 Å². The Bertz CT molecular complexity index is 1460. The molecule has 0 aliphatic heterocycles. The standard InChI is InChI=1S/3C8H10O3S.Ga/c3*1-6-3-4-8(5-7(6)2)12(9,10)11;/h3*3-5H,1-2H3,(H,9,10,11);/q;;;+3/p-3. The molecule has 198 valence electrons. The number of aryl methyl sites for hydroxylation is 6. The molecule has 3 rings (SSSR count). The minimum atomic E-state index is -5.09. The molecule has 0 aromatic heterocycles. The van der Waals surface area contributed by atoms with Gasteiger partial charge >= 0.3 is 226 Å². The molecular formula is C24H27GaO9S3. The van der Waals surface area contributed by atoms with Crippen LogP contribution in [0.1, 0.15) is 33.4 Å². The normalized spacial score (nSPS) is 12.5. The number of benzene rings is 3. The zero-order chi connectivity index (χ0) is 27.8.